The third-order valence-corrected chi connectivity index (χ3v) is 2.42. The molecule has 0 bridgehead atoms. The fourth-order valence-electron chi connectivity index (χ4n) is 1.48. The number of rotatable bonds is 6. The Morgan fingerprint density at radius 2 is 1.95 bits per heavy atom. The average Bonchev–Trinajstić information content (AvgIpc) is 2.49. The summed E-state index contributed by atoms with van der Waals surface area (Å²) in [6.45, 7) is 1.38. The number of nitrogens with one attached hydrogen (secondary N) is 1. The van der Waals surface area contributed by atoms with Crippen LogP contribution >= 0.6 is 0 Å². The van der Waals surface area contributed by atoms with Crippen molar-refractivity contribution in [2.75, 3.05) is 18.5 Å². The van der Waals surface area contributed by atoms with Crippen LogP contribution in [-0.4, -0.2) is 23.3 Å². The second-order valence-electron chi connectivity index (χ2n) is 3.86. The molecule has 0 aliphatic heterocycles. The first-order chi connectivity index (χ1) is 9.38. The Hall–Kier alpha value is -2.61. The summed E-state index contributed by atoms with van der Waals surface area (Å²) in [6, 6.07) is 15.0. The Bertz CT molecular complexity index is 534. The van der Waals surface area contributed by atoms with Crippen LogP contribution in [0, 0.1) is 11.3 Å². The molecule has 0 aliphatic carbocycles. The number of para-hydroxylation sites is 1. The van der Waals surface area contributed by atoms with E-state index in [1.807, 2.05) is 36.4 Å². The molecule has 0 saturated carbocycles. The minimum Gasteiger partial charge on any atom is -0.494 e. The van der Waals surface area contributed by atoms with Gasteiger partial charge in [0.25, 0.3) is 0 Å². The van der Waals surface area contributed by atoms with Gasteiger partial charge in [0.2, 0.25) is 0 Å². The van der Waals surface area contributed by atoms with E-state index in [-0.39, 0.29) is 0 Å². The lowest BCUT2D eigenvalue weighted by molar-refractivity contribution is 0.315. The number of ether oxygens (including phenoxy) is 1. The van der Waals surface area contributed by atoms with E-state index >= 15 is 0 Å². The van der Waals surface area contributed by atoms with E-state index in [1.165, 1.54) is 0 Å². The Kier molecular flexibility index (Phi) is 4.71. The zero-order valence-corrected chi connectivity index (χ0v) is 10.4. The van der Waals surface area contributed by atoms with Gasteiger partial charge in [0, 0.05) is 6.54 Å². The summed E-state index contributed by atoms with van der Waals surface area (Å²) in [4.78, 5) is 0. The van der Waals surface area contributed by atoms with Gasteiger partial charge >= 0.3 is 0 Å². The molecule has 0 radical (unpaired) electrons. The first-order valence-corrected chi connectivity index (χ1v) is 6.04. The van der Waals surface area contributed by atoms with E-state index in [0.29, 0.717) is 18.1 Å². The molecule has 0 fully saturated rings. The van der Waals surface area contributed by atoms with Gasteiger partial charge in [0.15, 0.2) is 5.69 Å². The molecule has 0 amide bonds. The Morgan fingerprint density at radius 1 is 1.11 bits per heavy atom. The molecule has 0 saturated heterocycles. The molecular formula is C14H14N4O. The van der Waals surface area contributed by atoms with Gasteiger partial charge in [-0.05, 0) is 30.7 Å². The maximum atomic E-state index is 8.59. The lowest BCUT2D eigenvalue weighted by Gasteiger charge is -2.07. The highest BCUT2D eigenvalue weighted by Crippen LogP contribution is 2.08. The molecule has 1 aromatic carbocycles. The SMILES string of the molecule is N#Cc1ccc(NCCCOc2ccccc2)nn1. The standard InChI is InChI=1S/C14H14N4O/c15-11-12-7-8-14(18-17-12)16-9-4-10-19-13-5-2-1-3-6-13/h1-3,5-8H,4,9-10H2,(H,16,18). The molecule has 1 heterocycles. The molecule has 0 spiro atoms. The smallest absolute Gasteiger partial charge is 0.163 e. The van der Waals surface area contributed by atoms with Gasteiger partial charge in [0.1, 0.15) is 17.6 Å². The van der Waals surface area contributed by atoms with Crippen LogP contribution in [0.4, 0.5) is 5.82 Å². The van der Waals surface area contributed by atoms with Gasteiger partial charge in [-0.1, -0.05) is 18.2 Å². The highest BCUT2D eigenvalue weighted by molar-refractivity contribution is 5.35. The van der Waals surface area contributed by atoms with E-state index in [9.17, 15) is 0 Å². The molecule has 0 unspecified atom stereocenters. The lowest BCUT2D eigenvalue weighted by Crippen LogP contribution is -2.08. The zero-order chi connectivity index (χ0) is 13.3. The molecular weight excluding hydrogens is 240 g/mol. The summed E-state index contributed by atoms with van der Waals surface area (Å²) in [5.74, 6) is 1.54. The largest absolute Gasteiger partial charge is 0.494 e. The van der Waals surface area contributed by atoms with Crippen LogP contribution in [0.25, 0.3) is 0 Å². The molecule has 5 heteroatoms. The summed E-state index contributed by atoms with van der Waals surface area (Å²) in [5.41, 5.74) is 0.318. The maximum Gasteiger partial charge on any atom is 0.163 e. The Labute approximate surface area is 111 Å². The van der Waals surface area contributed by atoms with Crippen molar-refractivity contribution >= 4 is 5.82 Å². The molecule has 0 aliphatic rings. The van der Waals surface area contributed by atoms with Gasteiger partial charge in [-0.25, -0.2) is 0 Å². The monoisotopic (exact) mass is 254 g/mol. The Morgan fingerprint density at radius 3 is 2.63 bits per heavy atom. The van der Waals surface area contributed by atoms with Crippen molar-refractivity contribution in [3.63, 3.8) is 0 Å². The quantitative estimate of drug-likeness (QED) is 0.800. The number of benzene rings is 1. The minimum atomic E-state index is 0.318. The highest BCUT2D eigenvalue weighted by Gasteiger charge is 1.96. The van der Waals surface area contributed by atoms with E-state index < -0.39 is 0 Å². The molecule has 96 valence electrons. The van der Waals surface area contributed by atoms with Gasteiger partial charge in [-0.3, -0.25) is 0 Å². The summed E-state index contributed by atoms with van der Waals surface area (Å²) < 4.78 is 5.56. The lowest BCUT2D eigenvalue weighted by atomic mass is 10.3. The first kappa shape index (κ1) is 12.8. The van der Waals surface area contributed by atoms with Crippen molar-refractivity contribution in [1.29, 1.82) is 5.26 Å². The van der Waals surface area contributed by atoms with Crippen LogP contribution in [0.3, 0.4) is 0 Å². The predicted octanol–water partition coefficient (Wildman–Crippen LogP) is 2.23. The third kappa shape index (κ3) is 4.28. The van der Waals surface area contributed by atoms with E-state index in [4.69, 9.17) is 10.00 Å². The molecule has 2 aromatic rings. The van der Waals surface area contributed by atoms with Crippen molar-refractivity contribution in [3.8, 4) is 11.8 Å². The minimum absolute atomic E-state index is 0.318. The summed E-state index contributed by atoms with van der Waals surface area (Å²) >= 11 is 0. The topological polar surface area (TPSA) is 70.8 Å². The van der Waals surface area contributed by atoms with E-state index in [1.54, 1.807) is 12.1 Å². The van der Waals surface area contributed by atoms with Gasteiger partial charge in [-0.2, -0.15) is 5.26 Å². The van der Waals surface area contributed by atoms with Crippen LogP contribution in [0.15, 0.2) is 42.5 Å². The van der Waals surface area contributed by atoms with Crippen LogP contribution in [0.2, 0.25) is 0 Å². The normalized spacial score (nSPS) is 9.63. The van der Waals surface area contributed by atoms with Crippen LogP contribution < -0.4 is 10.1 Å². The first-order valence-electron chi connectivity index (χ1n) is 6.04. The van der Waals surface area contributed by atoms with Crippen LogP contribution in [0.5, 0.6) is 5.75 Å². The van der Waals surface area contributed by atoms with Crippen molar-refractivity contribution < 1.29 is 4.74 Å². The number of anilines is 1. The van der Waals surface area contributed by atoms with Gasteiger partial charge in [0.05, 0.1) is 6.61 Å². The molecule has 1 aromatic heterocycles. The van der Waals surface area contributed by atoms with E-state index in [0.717, 1.165) is 18.7 Å². The molecule has 1 N–H and O–H groups in total. The van der Waals surface area contributed by atoms with Crippen molar-refractivity contribution in [2.24, 2.45) is 0 Å². The number of nitriles is 1. The number of hydrogen-bond acceptors (Lipinski definition) is 5. The van der Waals surface area contributed by atoms with Gasteiger partial charge < -0.3 is 10.1 Å². The second-order valence-corrected chi connectivity index (χ2v) is 3.86. The number of aromatic nitrogens is 2. The van der Waals surface area contributed by atoms with Crippen molar-refractivity contribution in [1.82, 2.24) is 10.2 Å². The molecule has 2 rings (SSSR count). The molecule has 19 heavy (non-hydrogen) atoms. The third-order valence-electron chi connectivity index (χ3n) is 2.42. The number of hydrogen-bond donors (Lipinski definition) is 1. The zero-order valence-electron chi connectivity index (χ0n) is 10.4. The fraction of sp³-hybridized carbons (Fsp3) is 0.214. The number of nitrogens with zero attached hydrogens (tertiary/aromatic N) is 3. The van der Waals surface area contributed by atoms with Crippen molar-refractivity contribution in [3.05, 3.63) is 48.2 Å². The van der Waals surface area contributed by atoms with Crippen LogP contribution in [-0.2, 0) is 0 Å². The predicted molar refractivity (Wildman–Crippen MR) is 71.8 cm³/mol. The molecule has 5 nitrogen and oxygen atoms in total. The Balaban J connectivity index is 1.65. The summed E-state index contributed by atoms with van der Waals surface area (Å²) in [7, 11) is 0. The van der Waals surface area contributed by atoms with Gasteiger partial charge in [-0.15, -0.1) is 10.2 Å². The maximum absolute atomic E-state index is 8.59. The summed E-state index contributed by atoms with van der Waals surface area (Å²) in [5, 5.41) is 19.3. The molecule has 0 atom stereocenters. The van der Waals surface area contributed by atoms with E-state index in [2.05, 4.69) is 15.5 Å². The average molecular weight is 254 g/mol. The fourth-order valence-corrected chi connectivity index (χ4v) is 1.48. The highest BCUT2D eigenvalue weighted by atomic mass is 16.5. The second kappa shape index (κ2) is 6.97. The van der Waals surface area contributed by atoms with Crippen LogP contribution in [0.1, 0.15) is 12.1 Å². The summed E-state index contributed by atoms with van der Waals surface area (Å²) in [6.07, 6.45) is 0.858. The van der Waals surface area contributed by atoms with Crippen molar-refractivity contribution in [2.45, 2.75) is 6.42 Å².